The minimum Gasteiger partial charge on any atom is -0.434 e. The predicted octanol–water partition coefficient (Wildman–Crippen LogP) is 5.81. The Balaban J connectivity index is 1.39. The van der Waals surface area contributed by atoms with E-state index in [1.807, 2.05) is 72.8 Å². The monoisotopic (exact) mass is 412 g/mol. The van der Waals surface area contributed by atoms with E-state index in [1.54, 1.807) is 0 Å². The number of ether oxygens (including phenoxy) is 4. The number of hydrogen-bond donors (Lipinski definition) is 0. The van der Waals surface area contributed by atoms with E-state index in [4.69, 9.17) is 18.9 Å². The van der Waals surface area contributed by atoms with Crippen molar-refractivity contribution in [2.45, 2.75) is 38.9 Å². The molecule has 30 heavy (non-hydrogen) atoms. The van der Waals surface area contributed by atoms with Crippen molar-refractivity contribution in [1.29, 1.82) is 0 Å². The third kappa shape index (κ3) is 10.9. The quantitative estimate of drug-likeness (QED) is 0.249. The highest BCUT2D eigenvalue weighted by Gasteiger charge is 2.04. The smallest absolute Gasteiger partial charge is 0.434 e. The summed E-state index contributed by atoms with van der Waals surface area (Å²) < 4.78 is 20.1. The van der Waals surface area contributed by atoms with Gasteiger partial charge in [-0.2, -0.15) is 0 Å². The summed E-state index contributed by atoms with van der Waals surface area (Å²) >= 11 is 0. The lowest BCUT2D eigenvalue weighted by molar-refractivity contribution is 0.0483. The highest BCUT2D eigenvalue weighted by molar-refractivity contribution is 5.60. The Hall–Kier alpha value is -3.28. The van der Waals surface area contributed by atoms with Gasteiger partial charge in [0.15, 0.2) is 0 Å². The van der Waals surface area contributed by atoms with Crippen LogP contribution in [0.25, 0.3) is 0 Å². The lowest BCUT2D eigenvalue weighted by Gasteiger charge is -2.06. The molecule has 0 aliphatic carbocycles. The van der Waals surface area contributed by atoms with Gasteiger partial charge in [0.1, 0.15) is 13.2 Å². The minimum atomic E-state index is -0.654. The van der Waals surface area contributed by atoms with Crippen LogP contribution >= 0.6 is 0 Å². The van der Waals surface area contributed by atoms with E-state index >= 15 is 0 Å². The molecule has 0 atom stereocenters. The van der Waals surface area contributed by atoms with Crippen molar-refractivity contribution in [2.24, 2.45) is 0 Å². The Morgan fingerprint density at radius 2 is 1.00 bits per heavy atom. The van der Waals surface area contributed by atoms with Gasteiger partial charge in [-0.15, -0.1) is 0 Å². The number of unbranched alkanes of at least 4 members (excludes halogenated alkanes) is 2. The van der Waals surface area contributed by atoms with Crippen LogP contribution in [0.5, 0.6) is 0 Å². The molecule has 160 valence electrons. The summed E-state index contributed by atoms with van der Waals surface area (Å²) in [4.78, 5) is 23.0. The van der Waals surface area contributed by atoms with Gasteiger partial charge in [-0.1, -0.05) is 72.8 Å². The van der Waals surface area contributed by atoms with E-state index in [9.17, 15) is 9.59 Å². The van der Waals surface area contributed by atoms with Crippen LogP contribution < -0.4 is 0 Å². The van der Waals surface area contributed by atoms with Crippen LogP contribution in [0, 0.1) is 0 Å². The van der Waals surface area contributed by atoms with Crippen molar-refractivity contribution in [2.75, 3.05) is 13.2 Å². The molecule has 0 N–H and O–H groups in total. The molecule has 2 aromatic rings. The number of carbonyl (C=O) groups is 2. The van der Waals surface area contributed by atoms with Crippen LogP contribution in [0.3, 0.4) is 0 Å². The third-order valence-corrected chi connectivity index (χ3v) is 4.04. The summed E-state index contributed by atoms with van der Waals surface area (Å²) in [6.45, 7) is 1.05. The Morgan fingerprint density at radius 3 is 1.40 bits per heavy atom. The number of carbonyl (C=O) groups excluding carboxylic acids is 2. The zero-order chi connectivity index (χ0) is 21.3. The molecule has 0 aliphatic heterocycles. The van der Waals surface area contributed by atoms with E-state index in [0.717, 1.165) is 36.8 Å². The predicted molar refractivity (Wildman–Crippen MR) is 113 cm³/mol. The van der Waals surface area contributed by atoms with Gasteiger partial charge in [0.05, 0.1) is 13.2 Å². The molecule has 6 nitrogen and oxygen atoms in total. The van der Waals surface area contributed by atoms with Crippen molar-refractivity contribution >= 4 is 12.3 Å². The molecule has 0 spiro atoms. The first-order chi connectivity index (χ1) is 14.7. The normalized spacial score (nSPS) is 10.5. The Labute approximate surface area is 177 Å². The van der Waals surface area contributed by atoms with Crippen LogP contribution in [0.2, 0.25) is 0 Å². The zero-order valence-electron chi connectivity index (χ0n) is 17.0. The number of hydrogen-bond acceptors (Lipinski definition) is 6. The SMILES string of the molecule is O=C(OCCC/C=C\CCCOC(=O)OCc1ccccc1)OCc1ccccc1. The van der Waals surface area contributed by atoms with Gasteiger partial charge in [-0.3, -0.25) is 0 Å². The molecule has 0 amide bonds. The van der Waals surface area contributed by atoms with Gasteiger partial charge in [-0.25, -0.2) is 9.59 Å². The first-order valence-corrected chi connectivity index (χ1v) is 10.1. The molecule has 0 heterocycles. The van der Waals surface area contributed by atoms with Crippen LogP contribution in [0.15, 0.2) is 72.8 Å². The van der Waals surface area contributed by atoms with E-state index in [2.05, 4.69) is 0 Å². The molecule has 0 aromatic heterocycles. The molecule has 0 aliphatic rings. The lowest BCUT2D eigenvalue weighted by Crippen LogP contribution is -2.08. The third-order valence-electron chi connectivity index (χ3n) is 4.04. The Kier molecular flexibility index (Phi) is 11.3. The van der Waals surface area contributed by atoms with Gasteiger partial charge in [0.25, 0.3) is 0 Å². The van der Waals surface area contributed by atoms with Gasteiger partial charge >= 0.3 is 12.3 Å². The average molecular weight is 412 g/mol. The van der Waals surface area contributed by atoms with Crippen LogP contribution in [0.4, 0.5) is 9.59 Å². The molecule has 0 bridgehead atoms. The second-order valence-corrected chi connectivity index (χ2v) is 6.50. The van der Waals surface area contributed by atoms with Crippen molar-refractivity contribution < 1.29 is 28.5 Å². The summed E-state index contributed by atoms with van der Waals surface area (Å²) in [6, 6.07) is 18.9. The van der Waals surface area contributed by atoms with Gasteiger partial charge in [0.2, 0.25) is 0 Å². The van der Waals surface area contributed by atoms with E-state index in [1.165, 1.54) is 0 Å². The van der Waals surface area contributed by atoms with Gasteiger partial charge in [-0.05, 0) is 36.8 Å². The molecule has 2 aromatic carbocycles. The fourth-order valence-electron chi connectivity index (χ4n) is 2.47. The summed E-state index contributed by atoms with van der Waals surface area (Å²) in [5, 5.41) is 0. The van der Waals surface area contributed by atoms with Crippen LogP contribution in [0.1, 0.15) is 36.8 Å². The van der Waals surface area contributed by atoms with E-state index < -0.39 is 12.3 Å². The summed E-state index contributed by atoms with van der Waals surface area (Å²) in [6.07, 6.45) is 5.77. The summed E-state index contributed by atoms with van der Waals surface area (Å²) in [7, 11) is 0. The molecule has 0 fully saturated rings. The fourth-order valence-corrected chi connectivity index (χ4v) is 2.47. The van der Waals surface area contributed by atoms with Crippen molar-refractivity contribution in [3.8, 4) is 0 Å². The number of benzene rings is 2. The first-order valence-electron chi connectivity index (χ1n) is 10.1. The topological polar surface area (TPSA) is 71.1 Å². The maximum absolute atomic E-state index is 11.5. The van der Waals surface area contributed by atoms with Crippen molar-refractivity contribution in [3.63, 3.8) is 0 Å². The van der Waals surface area contributed by atoms with Gasteiger partial charge < -0.3 is 18.9 Å². The minimum absolute atomic E-state index is 0.210. The summed E-state index contributed by atoms with van der Waals surface area (Å²) in [5.74, 6) is 0. The molecule has 0 radical (unpaired) electrons. The van der Waals surface area contributed by atoms with Gasteiger partial charge in [0, 0.05) is 0 Å². The number of rotatable bonds is 12. The average Bonchev–Trinajstić information content (AvgIpc) is 2.79. The maximum Gasteiger partial charge on any atom is 0.508 e. The van der Waals surface area contributed by atoms with E-state index in [0.29, 0.717) is 13.2 Å². The van der Waals surface area contributed by atoms with Crippen molar-refractivity contribution in [3.05, 3.63) is 83.9 Å². The molecule has 0 unspecified atom stereocenters. The zero-order valence-corrected chi connectivity index (χ0v) is 17.0. The standard InChI is InChI=1S/C24H28O6/c25-23(29-19-21-13-7-5-8-14-21)27-17-11-3-1-2-4-12-18-28-24(26)30-20-22-15-9-6-10-16-22/h1-2,5-10,13-16H,3-4,11-12,17-20H2/b2-1-. The lowest BCUT2D eigenvalue weighted by atomic mass is 10.2. The fraction of sp³-hybridized carbons (Fsp3) is 0.333. The Morgan fingerprint density at radius 1 is 0.600 bits per heavy atom. The Bertz CT molecular complexity index is 692. The molecule has 2 rings (SSSR count). The molecule has 0 saturated carbocycles. The molecule has 0 saturated heterocycles. The van der Waals surface area contributed by atoms with Crippen LogP contribution in [-0.4, -0.2) is 25.5 Å². The molecular formula is C24H28O6. The number of allylic oxidation sites excluding steroid dienone is 2. The largest absolute Gasteiger partial charge is 0.508 e. The molecule has 6 heteroatoms. The first kappa shape index (κ1) is 23.0. The molecular weight excluding hydrogens is 384 g/mol. The second kappa shape index (κ2) is 14.7. The second-order valence-electron chi connectivity index (χ2n) is 6.50. The summed E-state index contributed by atoms with van der Waals surface area (Å²) in [5.41, 5.74) is 1.84. The van der Waals surface area contributed by atoms with Crippen molar-refractivity contribution in [1.82, 2.24) is 0 Å². The highest BCUT2D eigenvalue weighted by Crippen LogP contribution is 2.04. The van der Waals surface area contributed by atoms with Crippen LogP contribution in [-0.2, 0) is 32.2 Å². The van der Waals surface area contributed by atoms with E-state index in [-0.39, 0.29) is 13.2 Å². The maximum atomic E-state index is 11.5. The highest BCUT2D eigenvalue weighted by atomic mass is 16.7.